The molecule has 1 aromatic carbocycles. The Labute approximate surface area is 190 Å². The number of alkyl halides is 3. The Morgan fingerprint density at radius 3 is 2.33 bits per heavy atom. The zero-order valence-corrected chi connectivity index (χ0v) is 18.4. The number of hydrogen-bond acceptors (Lipinski definition) is 7. The normalized spacial score (nSPS) is 18.6. The summed E-state index contributed by atoms with van der Waals surface area (Å²) in [6.45, 7) is 4.26. The average Bonchev–Trinajstić information content (AvgIpc) is 3.36. The van der Waals surface area contributed by atoms with E-state index in [0.29, 0.717) is 13.0 Å². The predicted molar refractivity (Wildman–Crippen MR) is 112 cm³/mol. The van der Waals surface area contributed by atoms with E-state index < -0.39 is 30.4 Å². The highest BCUT2D eigenvalue weighted by atomic mass is 32.1. The maximum atomic E-state index is 12.4. The van der Waals surface area contributed by atoms with Crippen LogP contribution >= 0.6 is 11.3 Å². The molecule has 1 amide bonds. The summed E-state index contributed by atoms with van der Waals surface area (Å²) in [7, 11) is 0. The zero-order valence-electron chi connectivity index (χ0n) is 17.5. The number of aryl methyl sites for hydroxylation is 1. The molecule has 33 heavy (non-hydrogen) atoms. The van der Waals surface area contributed by atoms with Crippen molar-refractivity contribution in [1.29, 1.82) is 0 Å². The Bertz CT molecular complexity index is 980. The van der Waals surface area contributed by atoms with Gasteiger partial charge in [0.05, 0.1) is 28.2 Å². The molecule has 180 valence electrons. The minimum absolute atomic E-state index is 0.152. The van der Waals surface area contributed by atoms with Crippen LogP contribution in [0.1, 0.15) is 30.6 Å². The number of carbonyl (C=O) groups is 3. The van der Waals surface area contributed by atoms with Crippen LogP contribution in [0.2, 0.25) is 0 Å². The van der Waals surface area contributed by atoms with Crippen molar-refractivity contribution < 1.29 is 42.5 Å². The minimum atomic E-state index is -5.08. The Morgan fingerprint density at radius 2 is 1.85 bits per heavy atom. The van der Waals surface area contributed by atoms with Crippen LogP contribution in [0.4, 0.5) is 18.0 Å². The van der Waals surface area contributed by atoms with E-state index in [1.54, 1.807) is 11.3 Å². The van der Waals surface area contributed by atoms with Crippen molar-refractivity contribution in [1.82, 2.24) is 15.6 Å². The number of carbonyl (C=O) groups excluding carboxylic acids is 1. The van der Waals surface area contributed by atoms with E-state index in [1.807, 2.05) is 43.6 Å². The van der Waals surface area contributed by atoms with Crippen LogP contribution in [0.15, 0.2) is 29.8 Å². The summed E-state index contributed by atoms with van der Waals surface area (Å²) < 4.78 is 36.4. The van der Waals surface area contributed by atoms with Gasteiger partial charge >= 0.3 is 18.3 Å². The van der Waals surface area contributed by atoms with Gasteiger partial charge in [-0.1, -0.05) is 24.3 Å². The molecule has 2 aromatic rings. The van der Waals surface area contributed by atoms with E-state index >= 15 is 0 Å². The highest BCUT2D eigenvalue weighted by Crippen LogP contribution is 2.28. The standard InChI is InChI=1S/C18H21N3O4S.C2HF3O2/c1-10(21-17(22)15-7-14(8-19-15)25-18(23)24)12-3-5-13(6-4-12)16-11(2)20-9-26-16;3-2(4,5)1(6)7/h3-6,9-10,14-15,19H,7-8H2,1-2H3,(H,21,22)(H,23,24);(H,6,7)/t10-,14+,15-;/m0./s1. The molecule has 0 aliphatic carbocycles. The van der Waals surface area contributed by atoms with Crippen molar-refractivity contribution in [3.05, 3.63) is 41.0 Å². The molecule has 0 spiro atoms. The first kappa shape index (κ1) is 26.1. The van der Waals surface area contributed by atoms with E-state index in [9.17, 15) is 22.8 Å². The summed E-state index contributed by atoms with van der Waals surface area (Å²) in [5.74, 6) is -2.91. The smallest absolute Gasteiger partial charge is 0.475 e. The van der Waals surface area contributed by atoms with Gasteiger partial charge in [-0.15, -0.1) is 11.3 Å². The molecule has 0 unspecified atom stereocenters. The molecule has 4 N–H and O–H groups in total. The van der Waals surface area contributed by atoms with Gasteiger partial charge in [-0.05, 0) is 25.0 Å². The first-order valence-corrected chi connectivity index (χ1v) is 10.5. The molecule has 2 heterocycles. The van der Waals surface area contributed by atoms with E-state index in [2.05, 4.69) is 15.6 Å². The molecule has 3 rings (SSSR count). The summed E-state index contributed by atoms with van der Waals surface area (Å²) in [6.07, 6.45) is -6.54. The quantitative estimate of drug-likeness (QED) is 0.469. The van der Waals surface area contributed by atoms with Gasteiger partial charge in [0, 0.05) is 13.0 Å². The molecule has 0 bridgehead atoms. The molecular weight excluding hydrogens is 467 g/mol. The lowest BCUT2D eigenvalue weighted by Crippen LogP contribution is -2.41. The number of rotatable bonds is 5. The van der Waals surface area contributed by atoms with Crippen molar-refractivity contribution in [3.8, 4) is 10.4 Å². The molecule has 1 saturated heterocycles. The summed E-state index contributed by atoms with van der Waals surface area (Å²) in [4.78, 5) is 37.3. The van der Waals surface area contributed by atoms with E-state index in [0.717, 1.165) is 21.7 Å². The van der Waals surface area contributed by atoms with Crippen LogP contribution in [0.25, 0.3) is 10.4 Å². The molecule has 1 aromatic heterocycles. The maximum absolute atomic E-state index is 12.4. The fourth-order valence-electron chi connectivity index (χ4n) is 3.03. The van der Waals surface area contributed by atoms with Crippen molar-refractivity contribution >= 4 is 29.4 Å². The molecule has 1 aliphatic heterocycles. The predicted octanol–water partition coefficient (Wildman–Crippen LogP) is 3.35. The van der Waals surface area contributed by atoms with Gasteiger partial charge in [-0.2, -0.15) is 13.2 Å². The first-order chi connectivity index (χ1) is 15.4. The second-order valence-electron chi connectivity index (χ2n) is 7.12. The van der Waals surface area contributed by atoms with Gasteiger partial charge in [0.1, 0.15) is 6.10 Å². The SMILES string of the molecule is Cc1ncsc1-c1ccc([C@H](C)NC(=O)[C@@H]2C[C@@H](OC(=O)O)CN2)cc1.O=C(O)C(F)(F)F. The number of halogens is 3. The number of amides is 1. The third kappa shape index (κ3) is 7.71. The number of aliphatic carboxylic acids is 1. The van der Waals surface area contributed by atoms with Crippen molar-refractivity contribution in [2.24, 2.45) is 0 Å². The van der Waals surface area contributed by atoms with Crippen molar-refractivity contribution in [3.63, 3.8) is 0 Å². The maximum Gasteiger partial charge on any atom is 0.506 e. The molecular formula is C20H22F3N3O6S. The summed E-state index contributed by atoms with van der Waals surface area (Å²) >= 11 is 1.61. The van der Waals surface area contributed by atoms with Crippen LogP contribution in [0.5, 0.6) is 0 Å². The number of nitrogens with zero attached hydrogens (tertiary/aromatic N) is 1. The topological polar surface area (TPSA) is 138 Å². The van der Waals surface area contributed by atoms with Gasteiger partial charge in [0.15, 0.2) is 0 Å². The van der Waals surface area contributed by atoms with Crippen LogP contribution in [-0.2, 0) is 14.3 Å². The van der Waals surface area contributed by atoms with Crippen LogP contribution < -0.4 is 10.6 Å². The highest BCUT2D eigenvalue weighted by Gasteiger charge is 2.38. The van der Waals surface area contributed by atoms with Gasteiger partial charge in [0.25, 0.3) is 0 Å². The fourth-order valence-corrected chi connectivity index (χ4v) is 3.85. The van der Waals surface area contributed by atoms with Gasteiger partial charge in [-0.25, -0.2) is 14.6 Å². The number of ether oxygens (including phenoxy) is 1. The van der Waals surface area contributed by atoms with E-state index in [-0.39, 0.29) is 11.9 Å². The zero-order chi connectivity index (χ0) is 24.8. The van der Waals surface area contributed by atoms with Crippen molar-refractivity contribution in [2.75, 3.05) is 6.54 Å². The molecule has 1 aliphatic rings. The largest absolute Gasteiger partial charge is 0.506 e. The molecule has 3 atom stereocenters. The molecule has 0 saturated carbocycles. The molecule has 0 radical (unpaired) electrons. The number of carboxylic acids is 1. The van der Waals surface area contributed by atoms with E-state index in [4.69, 9.17) is 19.7 Å². The molecule has 1 fully saturated rings. The van der Waals surface area contributed by atoms with Crippen LogP contribution in [0, 0.1) is 6.92 Å². The van der Waals surface area contributed by atoms with Gasteiger partial charge < -0.3 is 25.6 Å². The monoisotopic (exact) mass is 489 g/mol. The summed E-state index contributed by atoms with van der Waals surface area (Å²) in [5, 5.41) is 21.7. The number of benzene rings is 1. The second kappa shape index (κ2) is 11.1. The molecule has 9 nitrogen and oxygen atoms in total. The lowest BCUT2D eigenvalue weighted by Gasteiger charge is -2.18. The fraction of sp³-hybridized carbons (Fsp3) is 0.400. The van der Waals surface area contributed by atoms with Crippen LogP contribution in [0.3, 0.4) is 0 Å². The van der Waals surface area contributed by atoms with Crippen molar-refractivity contribution in [2.45, 2.75) is 44.6 Å². The van der Waals surface area contributed by atoms with Gasteiger partial charge in [-0.3, -0.25) is 4.79 Å². The molecule has 13 heteroatoms. The highest BCUT2D eigenvalue weighted by molar-refractivity contribution is 7.13. The third-order valence-corrected chi connectivity index (χ3v) is 5.67. The minimum Gasteiger partial charge on any atom is -0.475 e. The third-order valence-electron chi connectivity index (χ3n) is 4.69. The lowest BCUT2D eigenvalue weighted by atomic mass is 10.0. The number of carboxylic acid groups (broad SMARTS) is 2. The number of thiazole rings is 1. The first-order valence-electron chi connectivity index (χ1n) is 9.62. The Morgan fingerprint density at radius 1 is 1.24 bits per heavy atom. The Hall–Kier alpha value is -3.19. The Kier molecular flexibility index (Phi) is 8.76. The summed E-state index contributed by atoms with van der Waals surface area (Å²) in [6, 6.07) is 7.46. The Balaban J connectivity index is 0.000000479. The van der Waals surface area contributed by atoms with Crippen LogP contribution in [-0.4, -0.2) is 58.1 Å². The average molecular weight is 489 g/mol. The second-order valence-corrected chi connectivity index (χ2v) is 7.98. The van der Waals surface area contributed by atoms with E-state index in [1.165, 1.54) is 0 Å². The number of aromatic nitrogens is 1. The lowest BCUT2D eigenvalue weighted by molar-refractivity contribution is -0.192. The van der Waals surface area contributed by atoms with Gasteiger partial charge in [0.2, 0.25) is 5.91 Å². The number of hydrogen-bond donors (Lipinski definition) is 4. The summed E-state index contributed by atoms with van der Waals surface area (Å²) in [5.41, 5.74) is 4.95. The number of nitrogens with one attached hydrogen (secondary N) is 2.